The molecule has 2 aliphatic rings. The van der Waals surface area contributed by atoms with Gasteiger partial charge in [-0.2, -0.15) is 0 Å². The summed E-state index contributed by atoms with van der Waals surface area (Å²) >= 11 is 5.21. The number of methoxy groups -OCH3 is 1. The second kappa shape index (κ2) is 8.65. The van der Waals surface area contributed by atoms with E-state index in [0.29, 0.717) is 48.1 Å². The molecule has 0 spiro atoms. The number of nitrogens with zero attached hydrogens (tertiary/aromatic N) is 2. The average Bonchev–Trinajstić information content (AvgIpc) is 3.61. The monoisotopic (exact) mass is 516 g/mol. The van der Waals surface area contributed by atoms with Gasteiger partial charge in [0, 0.05) is 29.4 Å². The Morgan fingerprint density at radius 1 is 1.22 bits per heavy atom. The first kappa shape index (κ1) is 21.7. The van der Waals surface area contributed by atoms with Gasteiger partial charge in [-0.15, -0.1) is 0 Å². The predicted molar refractivity (Wildman–Crippen MR) is 129 cm³/mol. The molecule has 168 valence electrons. The van der Waals surface area contributed by atoms with E-state index in [9.17, 15) is 9.90 Å². The number of anilines is 1. The molecule has 1 saturated carbocycles. The number of aryl methyl sites for hydroxylation is 1. The van der Waals surface area contributed by atoms with Crippen molar-refractivity contribution >= 4 is 50.3 Å². The van der Waals surface area contributed by atoms with Crippen LogP contribution in [0.15, 0.2) is 44.7 Å². The predicted octanol–water partition coefficient (Wildman–Crippen LogP) is 5.53. The lowest BCUT2D eigenvalue weighted by Crippen LogP contribution is -2.36. The summed E-state index contributed by atoms with van der Waals surface area (Å²) in [4.78, 5) is 16.4. The lowest BCUT2D eigenvalue weighted by molar-refractivity contribution is 0.0598. The van der Waals surface area contributed by atoms with Gasteiger partial charge in [-0.1, -0.05) is 30.0 Å². The first-order chi connectivity index (χ1) is 15.5. The van der Waals surface area contributed by atoms with Crippen LogP contribution in [0.4, 0.5) is 5.69 Å². The summed E-state index contributed by atoms with van der Waals surface area (Å²) in [6.45, 7) is 4.44. The third-order valence-electron chi connectivity index (χ3n) is 6.10. The van der Waals surface area contributed by atoms with Gasteiger partial charge in [-0.25, -0.2) is 4.79 Å². The smallest absolute Gasteiger partial charge is 0.341 e. The fourth-order valence-corrected chi connectivity index (χ4v) is 5.96. The molecule has 1 N–H and O–H groups in total. The number of carbonyl (C=O) groups is 1. The number of morpholine rings is 1. The summed E-state index contributed by atoms with van der Waals surface area (Å²) in [5.74, 6) is -0.227. The Labute approximate surface area is 199 Å². The molecule has 0 amide bonds. The van der Waals surface area contributed by atoms with Gasteiger partial charge in [-0.05, 0) is 53.4 Å². The van der Waals surface area contributed by atoms with Crippen LogP contribution in [0.3, 0.4) is 0 Å². The van der Waals surface area contributed by atoms with Crippen LogP contribution in [0.1, 0.15) is 34.8 Å². The van der Waals surface area contributed by atoms with Gasteiger partial charge in [0.05, 0.1) is 41.0 Å². The van der Waals surface area contributed by atoms with Crippen molar-refractivity contribution < 1.29 is 19.4 Å². The average molecular weight is 517 g/mol. The van der Waals surface area contributed by atoms with Crippen LogP contribution >= 0.6 is 27.7 Å². The zero-order valence-electron chi connectivity index (χ0n) is 18.1. The normalized spacial score (nSPS) is 16.5. The summed E-state index contributed by atoms with van der Waals surface area (Å²) in [5, 5.41) is 12.9. The molecule has 2 heterocycles. The van der Waals surface area contributed by atoms with Crippen molar-refractivity contribution in [2.75, 3.05) is 38.3 Å². The maximum Gasteiger partial charge on any atom is 0.341 e. The lowest BCUT2D eigenvalue weighted by Gasteiger charge is -2.31. The molecular weight excluding hydrogens is 492 g/mol. The number of aromatic nitrogens is 1. The molecule has 0 radical (unpaired) electrons. The highest BCUT2D eigenvalue weighted by Gasteiger charge is 2.37. The van der Waals surface area contributed by atoms with Crippen LogP contribution in [0.5, 0.6) is 5.75 Å². The van der Waals surface area contributed by atoms with Gasteiger partial charge in [0.25, 0.3) is 0 Å². The Balaban J connectivity index is 1.87. The van der Waals surface area contributed by atoms with Crippen molar-refractivity contribution in [1.29, 1.82) is 0 Å². The Morgan fingerprint density at radius 3 is 2.53 bits per heavy atom. The minimum Gasteiger partial charge on any atom is -0.505 e. The summed E-state index contributed by atoms with van der Waals surface area (Å²) in [7, 11) is 1.42. The van der Waals surface area contributed by atoms with Crippen LogP contribution in [-0.4, -0.2) is 49.1 Å². The number of hydrogen-bond acceptors (Lipinski definition) is 6. The van der Waals surface area contributed by atoms with Gasteiger partial charge in [-0.3, -0.25) is 0 Å². The minimum absolute atomic E-state index is 0.159. The van der Waals surface area contributed by atoms with Crippen LogP contribution < -0.4 is 4.90 Å². The van der Waals surface area contributed by atoms with Crippen LogP contribution in [0.2, 0.25) is 0 Å². The molecule has 3 aromatic rings. The number of aromatic hydroxyl groups is 1. The number of hydrogen-bond donors (Lipinski definition) is 1. The molecule has 1 aliphatic heterocycles. The van der Waals surface area contributed by atoms with E-state index in [1.165, 1.54) is 7.11 Å². The highest BCUT2D eigenvalue weighted by molar-refractivity contribution is 9.10. The molecule has 5 rings (SSSR count). The molecule has 0 unspecified atom stereocenters. The summed E-state index contributed by atoms with van der Waals surface area (Å²) in [5.41, 5.74) is 3.11. The van der Waals surface area contributed by atoms with Crippen molar-refractivity contribution in [3.63, 3.8) is 0 Å². The largest absolute Gasteiger partial charge is 0.505 e. The number of esters is 1. The molecule has 0 atom stereocenters. The van der Waals surface area contributed by atoms with E-state index >= 15 is 0 Å². The second-order valence-electron chi connectivity index (χ2n) is 8.15. The first-order valence-corrected chi connectivity index (χ1v) is 12.4. The number of phenols is 1. The van der Waals surface area contributed by atoms with Gasteiger partial charge >= 0.3 is 5.97 Å². The van der Waals surface area contributed by atoms with E-state index in [1.54, 1.807) is 11.8 Å². The van der Waals surface area contributed by atoms with Crippen LogP contribution in [0.25, 0.3) is 10.9 Å². The minimum atomic E-state index is -0.386. The fraction of sp³-hybridized carbons (Fsp3) is 0.375. The molecule has 2 fully saturated rings. The van der Waals surface area contributed by atoms with E-state index in [2.05, 4.69) is 25.4 Å². The number of halogens is 1. The van der Waals surface area contributed by atoms with Crippen molar-refractivity contribution in [2.24, 2.45) is 0 Å². The molecule has 8 heteroatoms. The van der Waals surface area contributed by atoms with Crippen molar-refractivity contribution in [2.45, 2.75) is 35.7 Å². The van der Waals surface area contributed by atoms with E-state index in [-0.39, 0.29) is 11.7 Å². The molecule has 1 aromatic heterocycles. The highest BCUT2D eigenvalue weighted by Crippen LogP contribution is 2.53. The third kappa shape index (κ3) is 3.58. The topological polar surface area (TPSA) is 63.9 Å². The SMILES string of the molecule is COC(=O)c1c(Sc2ccccc2)n(C2CC2)c2c(C)c(Br)c(O)c(N3CCOCC3)c12. The Kier molecular flexibility index (Phi) is 5.86. The molecule has 6 nitrogen and oxygen atoms in total. The number of benzene rings is 2. The number of carbonyl (C=O) groups excluding carboxylic acids is 1. The van der Waals surface area contributed by atoms with Crippen molar-refractivity contribution in [1.82, 2.24) is 4.57 Å². The maximum atomic E-state index is 13.3. The summed E-state index contributed by atoms with van der Waals surface area (Å²) < 4.78 is 13.8. The number of rotatable bonds is 5. The first-order valence-electron chi connectivity index (χ1n) is 10.8. The quantitative estimate of drug-likeness (QED) is 0.450. The third-order valence-corrected chi connectivity index (χ3v) is 8.17. The summed E-state index contributed by atoms with van der Waals surface area (Å²) in [6, 6.07) is 10.4. The van der Waals surface area contributed by atoms with Crippen molar-refractivity contribution in [3.05, 3.63) is 45.9 Å². The van der Waals surface area contributed by atoms with Crippen LogP contribution in [0, 0.1) is 6.92 Å². The van der Waals surface area contributed by atoms with Gasteiger partial charge in [0.1, 0.15) is 5.56 Å². The second-order valence-corrected chi connectivity index (χ2v) is 10.0. The van der Waals surface area contributed by atoms with E-state index < -0.39 is 0 Å². The van der Waals surface area contributed by atoms with Crippen molar-refractivity contribution in [3.8, 4) is 5.75 Å². The zero-order chi connectivity index (χ0) is 22.4. The Bertz CT molecular complexity index is 1180. The fourth-order valence-electron chi connectivity index (χ4n) is 4.44. The maximum absolute atomic E-state index is 13.3. The summed E-state index contributed by atoms with van der Waals surface area (Å²) in [6.07, 6.45) is 2.13. The molecule has 32 heavy (non-hydrogen) atoms. The molecule has 1 aliphatic carbocycles. The Hall–Kier alpha value is -2.16. The van der Waals surface area contributed by atoms with Crippen LogP contribution in [-0.2, 0) is 9.47 Å². The lowest BCUT2D eigenvalue weighted by atomic mass is 10.0. The molecule has 0 bridgehead atoms. The molecule has 2 aromatic carbocycles. The van der Waals surface area contributed by atoms with E-state index in [1.807, 2.05) is 37.3 Å². The zero-order valence-corrected chi connectivity index (χ0v) is 20.5. The number of ether oxygens (including phenoxy) is 2. The van der Waals surface area contributed by atoms with Gasteiger partial charge in [0.15, 0.2) is 5.75 Å². The van der Waals surface area contributed by atoms with E-state index in [4.69, 9.17) is 9.47 Å². The molecule has 1 saturated heterocycles. The van der Waals surface area contributed by atoms with Gasteiger partial charge in [0.2, 0.25) is 0 Å². The number of fused-ring (bicyclic) bond motifs is 1. The number of phenolic OH excluding ortho intramolecular Hbond substituents is 1. The molecular formula is C24H25BrN2O4S. The standard InChI is InChI=1S/C24H25BrN2O4S/c1-14-19(25)22(28)21(26-10-12-31-13-11-26)17-18(24(29)30-2)23(27(20(14)17)15-8-9-15)32-16-6-4-3-5-7-16/h3-7,15,28H,8-13H2,1-2H3. The Morgan fingerprint density at radius 2 is 1.91 bits per heavy atom. The highest BCUT2D eigenvalue weighted by atomic mass is 79.9. The van der Waals surface area contributed by atoms with Gasteiger partial charge < -0.3 is 24.0 Å². The van der Waals surface area contributed by atoms with E-state index in [0.717, 1.165) is 39.2 Å².